The SMILES string of the molecule is N[NH+]([O-])C1(N)CC1. The molecule has 0 heterocycles. The van der Waals surface area contributed by atoms with Gasteiger partial charge in [0.1, 0.15) is 0 Å². The van der Waals surface area contributed by atoms with Crippen molar-refractivity contribution >= 4 is 0 Å². The smallest absolute Gasteiger partial charge is 0.166 e. The second kappa shape index (κ2) is 1.16. The highest BCUT2D eigenvalue weighted by atomic mass is 16.5. The highest BCUT2D eigenvalue weighted by molar-refractivity contribution is 4.86. The molecular formula is C3H9N3O. The van der Waals surface area contributed by atoms with Gasteiger partial charge in [-0.25, -0.2) is 0 Å². The van der Waals surface area contributed by atoms with Crippen LogP contribution in [0.3, 0.4) is 0 Å². The van der Waals surface area contributed by atoms with Crippen LogP contribution in [0.2, 0.25) is 0 Å². The van der Waals surface area contributed by atoms with E-state index in [1.54, 1.807) is 0 Å². The molecule has 0 aromatic carbocycles. The lowest BCUT2D eigenvalue weighted by atomic mass is 10.6. The fraction of sp³-hybridized carbons (Fsp3) is 1.00. The maximum Gasteiger partial charge on any atom is 0.166 e. The second-order valence-corrected chi connectivity index (χ2v) is 2.02. The molecule has 0 aliphatic heterocycles. The largest absolute Gasteiger partial charge is 0.612 e. The van der Waals surface area contributed by atoms with Crippen molar-refractivity contribution in [2.24, 2.45) is 11.6 Å². The molecule has 0 aromatic heterocycles. The van der Waals surface area contributed by atoms with Crippen LogP contribution in [0, 0.1) is 5.21 Å². The third-order valence-electron chi connectivity index (χ3n) is 1.28. The zero-order chi connectivity index (χ0) is 5.49. The van der Waals surface area contributed by atoms with E-state index in [0.29, 0.717) is 0 Å². The Hall–Kier alpha value is -0.160. The Labute approximate surface area is 41.6 Å². The number of quaternary nitrogens is 1. The van der Waals surface area contributed by atoms with E-state index in [-0.39, 0.29) is 5.17 Å². The molecule has 7 heavy (non-hydrogen) atoms. The molecule has 1 rings (SSSR count). The topological polar surface area (TPSA) is 79.5 Å². The molecule has 4 heteroatoms. The Morgan fingerprint density at radius 2 is 2.00 bits per heavy atom. The van der Waals surface area contributed by atoms with E-state index < -0.39 is 5.66 Å². The van der Waals surface area contributed by atoms with Crippen LogP contribution in [-0.2, 0) is 0 Å². The van der Waals surface area contributed by atoms with Crippen LogP contribution in [0.15, 0.2) is 0 Å². The molecule has 1 saturated carbocycles. The number of rotatable bonds is 1. The van der Waals surface area contributed by atoms with Crippen molar-refractivity contribution in [3.63, 3.8) is 0 Å². The first-order valence-corrected chi connectivity index (χ1v) is 2.24. The van der Waals surface area contributed by atoms with Crippen LogP contribution in [0.5, 0.6) is 0 Å². The first-order valence-electron chi connectivity index (χ1n) is 2.24. The minimum atomic E-state index is -0.611. The molecule has 1 fully saturated rings. The summed E-state index contributed by atoms with van der Waals surface area (Å²) in [5.41, 5.74) is 4.70. The summed E-state index contributed by atoms with van der Waals surface area (Å²) in [6.45, 7) is 0. The quantitative estimate of drug-likeness (QED) is 0.198. The molecule has 0 amide bonds. The summed E-state index contributed by atoms with van der Waals surface area (Å²) in [6, 6.07) is 0. The minimum absolute atomic E-state index is 0.368. The molecule has 5 N–H and O–H groups in total. The zero-order valence-electron chi connectivity index (χ0n) is 3.98. The van der Waals surface area contributed by atoms with E-state index in [4.69, 9.17) is 11.6 Å². The first-order chi connectivity index (χ1) is 3.15. The predicted molar refractivity (Wildman–Crippen MR) is 24.7 cm³/mol. The van der Waals surface area contributed by atoms with Gasteiger partial charge in [-0.15, -0.1) is 0 Å². The predicted octanol–water partition coefficient (Wildman–Crippen LogP) is -2.31. The maximum absolute atomic E-state index is 10.2. The second-order valence-electron chi connectivity index (χ2n) is 2.02. The van der Waals surface area contributed by atoms with Gasteiger partial charge in [-0.3, -0.25) is 10.9 Å². The average Bonchev–Trinajstić information content (AvgIpc) is 2.21. The third kappa shape index (κ3) is 0.733. The molecule has 0 spiro atoms. The van der Waals surface area contributed by atoms with Crippen LogP contribution >= 0.6 is 0 Å². The van der Waals surface area contributed by atoms with E-state index in [1.165, 1.54) is 0 Å². The van der Waals surface area contributed by atoms with E-state index in [1.807, 2.05) is 0 Å². The summed E-state index contributed by atoms with van der Waals surface area (Å²) >= 11 is 0. The standard InChI is InChI=1S/C3H9N3O/c4-3(1-2-3)6(5)7/h6H,1-2,4-5H2. The Bertz CT molecular complexity index is 78.2. The summed E-state index contributed by atoms with van der Waals surface area (Å²) in [5, 5.41) is 9.81. The lowest BCUT2D eigenvalue weighted by molar-refractivity contribution is -0.900. The lowest BCUT2D eigenvalue weighted by Crippen LogP contribution is -3.20. The fourth-order valence-corrected chi connectivity index (χ4v) is 0.381. The molecule has 1 aliphatic rings. The monoisotopic (exact) mass is 103 g/mol. The van der Waals surface area contributed by atoms with Crippen molar-refractivity contribution < 1.29 is 5.17 Å². The van der Waals surface area contributed by atoms with E-state index in [0.717, 1.165) is 12.8 Å². The van der Waals surface area contributed by atoms with E-state index >= 15 is 0 Å². The van der Waals surface area contributed by atoms with Crippen LogP contribution in [0.25, 0.3) is 0 Å². The van der Waals surface area contributed by atoms with Gasteiger partial charge in [0.05, 0.1) is 0 Å². The van der Waals surface area contributed by atoms with Gasteiger partial charge < -0.3 is 5.21 Å². The van der Waals surface area contributed by atoms with Crippen LogP contribution < -0.4 is 16.7 Å². The van der Waals surface area contributed by atoms with Crippen LogP contribution in [0.4, 0.5) is 0 Å². The van der Waals surface area contributed by atoms with Crippen molar-refractivity contribution in [2.45, 2.75) is 18.5 Å². The van der Waals surface area contributed by atoms with Crippen LogP contribution in [-0.4, -0.2) is 5.66 Å². The number of hydrogen-bond donors (Lipinski definition) is 3. The van der Waals surface area contributed by atoms with Crippen molar-refractivity contribution in [3.8, 4) is 0 Å². The molecule has 0 bridgehead atoms. The zero-order valence-corrected chi connectivity index (χ0v) is 3.98. The van der Waals surface area contributed by atoms with E-state index in [9.17, 15) is 5.21 Å². The van der Waals surface area contributed by atoms with Crippen molar-refractivity contribution in [1.29, 1.82) is 0 Å². The molecule has 4 nitrogen and oxygen atoms in total. The number of hydroxylamine groups is 1. The molecule has 1 unspecified atom stereocenters. The van der Waals surface area contributed by atoms with Gasteiger partial charge in [0.25, 0.3) is 0 Å². The third-order valence-corrected chi connectivity index (χ3v) is 1.28. The average molecular weight is 103 g/mol. The molecule has 1 aliphatic carbocycles. The normalized spacial score (nSPS) is 29.6. The minimum Gasteiger partial charge on any atom is -0.612 e. The van der Waals surface area contributed by atoms with E-state index in [2.05, 4.69) is 0 Å². The van der Waals surface area contributed by atoms with Crippen LogP contribution in [0.1, 0.15) is 12.8 Å². The van der Waals surface area contributed by atoms with Gasteiger partial charge in [0.15, 0.2) is 5.66 Å². The van der Waals surface area contributed by atoms with Gasteiger partial charge in [0, 0.05) is 12.8 Å². The Balaban J connectivity index is 2.39. The van der Waals surface area contributed by atoms with Gasteiger partial charge in [-0.2, -0.15) is 5.84 Å². The molecule has 0 aromatic rings. The van der Waals surface area contributed by atoms with Crippen molar-refractivity contribution in [1.82, 2.24) is 0 Å². The maximum atomic E-state index is 10.2. The van der Waals surface area contributed by atoms with Crippen molar-refractivity contribution in [2.75, 3.05) is 0 Å². The molecule has 1 atom stereocenters. The summed E-state index contributed by atoms with van der Waals surface area (Å²) < 4.78 is 0. The Kier molecular flexibility index (Phi) is 0.829. The number of hydrogen-bond acceptors (Lipinski definition) is 3. The summed E-state index contributed by atoms with van der Waals surface area (Å²) in [5.74, 6) is 4.87. The fourth-order valence-electron chi connectivity index (χ4n) is 0.381. The molecular weight excluding hydrogens is 94.1 g/mol. The molecule has 42 valence electrons. The lowest BCUT2D eigenvalue weighted by Gasteiger charge is -2.21. The van der Waals surface area contributed by atoms with Gasteiger partial charge in [-0.05, 0) is 0 Å². The summed E-state index contributed by atoms with van der Waals surface area (Å²) in [4.78, 5) is 0. The number of nitrogens with two attached hydrogens (primary N) is 2. The summed E-state index contributed by atoms with van der Waals surface area (Å²) in [7, 11) is 0. The Morgan fingerprint density at radius 3 is 2.00 bits per heavy atom. The van der Waals surface area contributed by atoms with Gasteiger partial charge in [0.2, 0.25) is 0 Å². The highest BCUT2D eigenvalue weighted by Gasteiger charge is 2.44. The van der Waals surface area contributed by atoms with Crippen molar-refractivity contribution in [3.05, 3.63) is 5.21 Å². The van der Waals surface area contributed by atoms with Gasteiger partial charge >= 0.3 is 0 Å². The highest BCUT2D eigenvalue weighted by Crippen LogP contribution is 2.23. The molecule has 0 radical (unpaired) electrons. The number of nitrogens with one attached hydrogen (secondary N) is 1. The Morgan fingerprint density at radius 1 is 1.57 bits per heavy atom. The summed E-state index contributed by atoms with van der Waals surface area (Å²) in [6.07, 6.45) is 1.53. The van der Waals surface area contributed by atoms with Gasteiger partial charge in [-0.1, -0.05) is 0 Å². The molecule has 0 saturated heterocycles. The first kappa shape index (κ1) is 4.99.